The van der Waals surface area contributed by atoms with Crippen molar-refractivity contribution in [3.63, 3.8) is 0 Å². The van der Waals surface area contributed by atoms with Crippen LogP contribution in [0.5, 0.6) is 0 Å². The summed E-state index contributed by atoms with van der Waals surface area (Å²) >= 11 is 0. The molecule has 0 unspecified atom stereocenters. The molecule has 0 amide bonds. The zero-order valence-corrected chi connectivity index (χ0v) is 17.2. The Labute approximate surface area is 183 Å². The molecule has 4 aromatic rings. The number of rotatable bonds is 8. The molecule has 0 spiro atoms. The van der Waals surface area contributed by atoms with Gasteiger partial charge in [0.25, 0.3) is 0 Å². The van der Waals surface area contributed by atoms with E-state index in [0.29, 0.717) is 33.0 Å². The van der Waals surface area contributed by atoms with Gasteiger partial charge >= 0.3 is 0 Å². The van der Waals surface area contributed by atoms with E-state index in [1.165, 1.54) is 0 Å². The lowest BCUT2D eigenvalue weighted by atomic mass is 9.86. The zero-order valence-electron chi connectivity index (χ0n) is 17.2. The Hall–Kier alpha value is -4.13. The van der Waals surface area contributed by atoms with E-state index in [-0.39, 0.29) is 31.7 Å². The largest absolute Gasteiger partial charge is 0.289 e. The van der Waals surface area contributed by atoms with E-state index < -0.39 is 9.85 Å². The molecule has 7 nitrogen and oxygen atoms in total. The van der Waals surface area contributed by atoms with Crippen LogP contribution < -0.4 is 0 Å². The smallest absolute Gasteiger partial charge is 0.207 e. The number of hydrogen-bond acceptors (Lipinski definition) is 5. The third-order valence-corrected chi connectivity index (χ3v) is 5.61. The second kappa shape index (κ2) is 8.93. The minimum Gasteiger partial charge on any atom is -0.289 e. The van der Waals surface area contributed by atoms with Crippen LogP contribution in [0, 0.1) is 20.2 Å². The lowest BCUT2D eigenvalue weighted by molar-refractivity contribution is -0.479. The molecule has 4 aromatic carbocycles. The van der Waals surface area contributed by atoms with E-state index >= 15 is 0 Å². The van der Waals surface area contributed by atoms with Gasteiger partial charge in [-0.2, -0.15) is 0 Å². The van der Waals surface area contributed by atoms with Gasteiger partial charge in [-0.1, -0.05) is 72.8 Å². The van der Waals surface area contributed by atoms with Crippen LogP contribution >= 0.6 is 0 Å². The summed E-state index contributed by atoms with van der Waals surface area (Å²) in [7, 11) is 0. The first-order valence-corrected chi connectivity index (χ1v) is 10.3. The summed E-state index contributed by atoms with van der Waals surface area (Å²) in [5, 5.41) is 25.2. The lowest BCUT2D eigenvalue weighted by Crippen LogP contribution is -2.14. The predicted octanol–water partition coefficient (Wildman–Crippen LogP) is 4.86. The normalized spacial score (nSPS) is 11.0. The molecule has 32 heavy (non-hydrogen) atoms. The zero-order chi connectivity index (χ0) is 22.7. The molecule has 0 aliphatic heterocycles. The van der Waals surface area contributed by atoms with Crippen molar-refractivity contribution in [1.29, 1.82) is 0 Å². The molecule has 0 saturated carbocycles. The molecule has 160 valence electrons. The molecular weight excluding hydrogens is 408 g/mol. The quantitative estimate of drug-likeness (QED) is 0.226. The van der Waals surface area contributed by atoms with Gasteiger partial charge in [0.1, 0.15) is 0 Å². The Kier molecular flexibility index (Phi) is 5.89. The number of nitro groups is 2. The van der Waals surface area contributed by atoms with Crippen molar-refractivity contribution < 1.29 is 14.6 Å². The Bertz CT molecular complexity index is 1260. The number of hydrogen-bond donors (Lipinski definition) is 0. The summed E-state index contributed by atoms with van der Waals surface area (Å²) in [6.07, 6.45) is 0.238. The molecule has 0 aliphatic rings. The monoisotopic (exact) mass is 428 g/mol. The fraction of sp³-hybridized carbons (Fsp3) is 0.160. The first-order chi connectivity index (χ1) is 15.5. The van der Waals surface area contributed by atoms with Crippen molar-refractivity contribution in [2.45, 2.75) is 12.8 Å². The third-order valence-electron chi connectivity index (χ3n) is 5.61. The number of ketones is 1. The number of fused-ring (bicyclic) bond motifs is 2. The molecule has 0 aromatic heterocycles. The molecule has 0 heterocycles. The summed E-state index contributed by atoms with van der Waals surface area (Å²) in [4.78, 5) is 35.3. The minimum absolute atomic E-state index is 0.119. The van der Waals surface area contributed by atoms with E-state index in [4.69, 9.17) is 0 Å². The molecule has 4 rings (SSSR count). The van der Waals surface area contributed by atoms with E-state index in [1.54, 1.807) is 12.1 Å². The summed E-state index contributed by atoms with van der Waals surface area (Å²) in [6, 6.07) is 22.1. The van der Waals surface area contributed by atoms with Crippen LogP contribution in [0.1, 0.15) is 27.0 Å². The molecule has 0 saturated heterocycles. The van der Waals surface area contributed by atoms with Crippen LogP contribution in [0.3, 0.4) is 0 Å². The highest BCUT2D eigenvalue weighted by Crippen LogP contribution is 2.31. The second-order valence-corrected chi connectivity index (χ2v) is 7.58. The third kappa shape index (κ3) is 4.18. The molecule has 0 atom stereocenters. The molecule has 0 N–H and O–H groups in total. The summed E-state index contributed by atoms with van der Waals surface area (Å²) in [5.74, 6) is -0.268. The average molecular weight is 428 g/mol. The predicted molar refractivity (Wildman–Crippen MR) is 122 cm³/mol. The topological polar surface area (TPSA) is 103 Å². The first kappa shape index (κ1) is 21.1. The molecule has 0 fully saturated rings. The summed E-state index contributed by atoms with van der Waals surface area (Å²) in [6.45, 7) is -0.579. The summed E-state index contributed by atoms with van der Waals surface area (Å²) < 4.78 is 0. The maximum Gasteiger partial charge on any atom is 0.207 e. The van der Waals surface area contributed by atoms with E-state index in [9.17, 15) is 25.0 Å². The van der Waals surface area contributed by atoms with Crippen LogP contribution in [-0.2, 0) is 12.8 Å². The van der Waals surface area contributed by atoms with Crippen molar-refractivity contribution >= 4 is 27.3 Å². The number of carbonyl (C=O) groups is 1. The Balaban J connectivity index is 1.96. The van der Waals surface area contributed by atoms with Crippen molar-refractivity contribution in [2.24, 2.45) is 0 Å². The van der Waals surface area contributed by atoms with Gasteiger partial charge in [-0.25, -0.2) is 0 Å². The number of nitrogens with zero attached hydrogens (tertiary/aromatic N) is 2. The molecule has 7 heteroatoms. The lowest BCUT2D eigenvalue weighted by Gasteiger charge is -2.16. The highest BCUT2D eigenvalue weighted by Gasteiger charge is 2.23. The van der Waals surface area contributed by atoms with E-state index in [2.05, 4.69) is 0 Å². The Morgan fingerprint density at radius 3 is 1.44 bits per heavy atom. The van der Waals surface area contributed by atoms with Gasteiger partial charge in [-0.15, -0.1) is 0 Å². The van der Waals surface area contributed by atoms with Crippen LogP contribution in [0.4, 0.5) is 0 Å². The van der Waals surface area contributed by atoms with Crippen molar-refractivity contribution in [2.75, 3.05) is 13.1 Å². The molecule has 0 bridgehead atoms. The van der Waals surface area contributed by atoms with E-state index in [0.717, 1.165) is 10.8 Å². The average Bonchev–Trinajstić information content (AvgIpc) is 2.80. The SMILES string of the molecule is O=C(c1c(CC[N+](=O)[O-])ccc2ccccc12)c1c(CC[N+](=O)[O-])ccc2ccccc12. The minimum atomic E-state index is -0.399. The van der Waals surface area contributed by atoms with Crippen molar-refractivity contribution in [1.82, 2.24) is 0 Å². The van der Waals surface area contributed by atoms with Gasteiger partial charge in [0.2, 0.25) is 13.1 Å². The van der Waals surface area contributed by atoms with Gasteiger partial charge in [-0.3, -0.25) is 25.0 Å². The standard InChI is InChI=1S/C25H20N2O5/c28-25(23-19(13-15-26(29)30)11-9-17-5-1-3-7-21(17)23)24-20(14-16-27(31)32)12-10-18-6-2-4-8-22(18)24/h1-12H,13-16H2. The fourth-order valence-corrected chi connectivity index (χ4v) is 4.13. The maximum atomic E-state index is 14.1. The number of carbonyl (C=O) groups excluding carboxylic acids is 1. The molecule has 0 aliphatic carbocycles. The van der Waals surface area contributed by atoms with Crippen molar-refractivity contribution in [3.05, 3.63) is 115 Å². The van der Waals surface area contributed by atoms with Crippen LogP contribution in [0.15, 0.2) is 72.8 Å². The van der Waals surface area contributed by atoms with Gasteiger partial charge in [0, 0.05) is 33.8 Å². The van der Waals surface area contributed by atoms with Gasteiger partial charge < -0.3 is 0 Å². The van der Waals surface area contributed by atoms with Crippen molar-refractivity contribution in [3.8, 4) is 0 Å². The van der Waals surface area contributed by atoms with Gasteiger partial charge in [-0.05, 0) is 32.7 Å². The van der Waals surface area contributed by atoms with Crippen LogP contribution in [-0.4, -0.2) is 28.7 Å². The first-order valence-electron chi connectivity index (χ1n) is 10.3. The van der Waals surface area contributed by atoms with Gasteiger partial charge in [0.15, 0.2) is 5.78 Å². The maximum absolute atomic E-state index is 14.1. The highest BCUT2D eigenvalue weighted by molar-refractivity contribution is 6.22. The molecule has 0 radical (unpaired) electrons. The highest BCUT2D eigenvalue weighted by atomic mass is 16.6. The van der Waals surface area contributed by atoms with Crippen LogP contribution in [0.25, 0.3) is 21.5 Å². The number of benzene rings is 4. The second-order valence-electron chi connectivity index (χ2n) is 7.58. The Morgan fingerprint density at radius 2 is 1.03 bits per heavy atom. The van der Waals surface area contributed by atoms with Gasteiger partial charge in [0.05, 0.1) is 0 Å². The fourth-order valence-electron chi connectivity index (χ4n) is 4.13. The van der Waals surface area contributed by atoms with Crippen LogP contribution in [0.2, 0.25) is 0 Å². The summed E-state index contributed by atoms with van der Waals surface area (Å²) in [5.41, 5.74) is 2.03. The Morgan fingerprint density at radius 1 is 0.625 bits per heavy atom. The van der Waals surface area contributed by atoms with E-state index in [1.807, 2.05) is 60.7 Å². The molecular formula is C25H20N2O5.